The number of carbonyl (C=O) groups is 1. The fourth-order valence-corrected chi connectivity index (χ4v) is 1.98. The van der Waals surface area contributed by atoms with Crippen molar-refractivity contribution in [2.75, 3.05) is 0 Å². The zero-order valence-corrected chi connectivity index (χ0v) is 10.4. The highest BCUT2D eigenvalue weighted by Crippen LogP contribution is 2.22. The summed E-state index contributed by atoms with van der Waals surface area (Å²) in [6.07, 6.45) is 3.15. The molecule has 0 unspecified atom stereocenters. The van der Waals surface area contributed by atoms with E-state index in [1.54, 1.807) is 4.68 Å². The Labute approximate surface area is 107 Å². The fraction of sp³-hybridized carbons (Fsp3) is 0.167. The average Bonchev–Trinajstić information content (AvgIpc) is 2.90. The molecule has 96 valence electrons. The quantitative estimate of drug-likeness (QED) is 0.722. The van der Waals surface area contributed by atoms with Crippen LogP contribution in [0.3, 0.4) is 0 Å². The van der Waals surface area contributed by atoms with Crippen LogP contribution in [0.25, 0.3) is 22.6 Å². The highest BCUT2D eigenvalue weighted by molar-refractivity contribution is 5.91. The highest BCUT2D eigenvalue weighted by Gasteiger charge is 2.13. The molecule has 0 saturated heterocycles. The van der Waals surface area contributed by atoms with Crippen molar-refractivity contribution >= 4 is 17.1 Å². The van der Waals surface area contributed by atoms with Crippen LogP contribution in [-0.2, 0) is 7.05 Å². The molecule has 2 N–H and O–H groups in total. The minimum atomic E-state index is -1.01. The molecule has 7 nitrogen and oxygen atoms in total. The van der Waals surface area contributed by atoms with Gasteiger partial charge >= 0.3 is 5.97 Å². The van der Waals surface area contributed by atoms with E-state index >= 15 is 0 Å². The Hall–Kier alpha value is -2.70. The normalized spacial score (nSPS) is 11.1. The summed E-state index contributed by atoms with van der Waals surface area (Å²) >= 11 is 0. The maximum absolute atomic E-state index is 10.9. The molecule has 0 radical (unpaired) electrons. The number of imidazole rings is 1. The zero-order valence-electron chi connectivity index (χ0n) is 10.4. The number of carboxylic acid groups (broad SMARTS) is 1. The molecule has 3 aromatic heterocycles. The Morgan fingerprint density at radius 1 is 1.47 bits per heavy atom. The van der Waals surface area contributed by atoms with Crippen LogP contribution in [0.1, 0.15) is 16.1 Å². The first kappa shape index (κ1) is 11.4. The van der Waals surface area contributed by atoms with Gasteiger partial charge in [0, 0.05) is 19.4 Å². The minimum absolute atomic E-state index is 0.130. The van der Waals surface area contributed by atoms with E-state index in [1.165, 1.54) is 12.3 Å². The predicted molar refractivity (Wildman–Crippen MR) is 67.8 cm³/mol. The highest BCUT2D eigenvalue weighted by atomic mass is 16.4. The Bertz CT molecular complexity index is 787. The third kappa shape index (κ3) is 1.85. The van der Waals surface area contributed by atoms with Gasteiger partial charge in [0.2, 0.25) is 0 Å². The second kappa shape index (κ2) is 3.91. The number of aromatic amines is 1. The summed E-state index contributed by atoms with van der Waals surface area (Å²) in [7, 11) is 1.83. The van der Waals surface area contributed by atoms with Crippen LogP contribution in [0.4, 0.5) is 0 Å². The summed E-state index contributed by atoms with van der Waals surface area (Å²) in [5, 5.41) is 13.2. The maximum atomic E-state index is 10.9. The summed E-state index contributed by atoms with van der Waals surface area (Å²) in [5.41, 5.74) is 2.93. The van der Waals surface area contributed by atoms with Gasteiger partial charge in [-0.05, 0) is 13.0 Å². The van der Waals surface area contributed by atoms with Gasteiger partial charge in [-0.3, -0.25) is 4.68 Å². The number of fused-ring (bicyclic) bond motifs is 1. The van der Waals surface area contributed by atoms with E-state index in [9.17, 15) is 4.79 Å². The molecule has 19 heavy (non-hydrogen) atoms. The Morgan fingerprint density at radius 3 is 2.89 bits per heavy atom. The van der Waals surface area contributed by atoms with Gasteiger partial charge in [0.05, 0.1) is 22.3 Å². The molecular formula is C12H11N5O2. The molecule has 3 rings (SSSR count). The lowest BCUT2D eigenvalue weighted by Gasteiger charge is -1.91. The number of pyridine rings is 1. The monoisotopic (exact) mass is 257 g/mol. The molecule has 3 aromatic rings. The van der Waals surface area contributed by atoms with Crippen molar-refractivity contribution in [3.05, 3.63) is 29.7 Å². The molecule has 7 heteroatoms. The molecule has 0 saturated carbocycles. The summed E-state index contributed by atoms with van der Waals surface area (Å²) in [5.74, 6) is -0.376. The van der Waals surface area contributed by atoms with Gasteiger partial charge in [0.15, 0.2) is 5.65 Å². The first-order chi connectivity index (χ1) is 9.04. The third-order valence-electron chi connectivity index (χ3n) is 2.85. The zero-order chi connectivity index (χ0) is 13.6. The van der Waals surface area contributed by atoms with Gasteiger partial charge in [0.1, 0.15) is 5.82 Å². The predicted octanol–water partition coefficient (Wildman–Crippen LogP) is 1.37. The van der Waals surface area contributed by atoms with Crippen LogP contribution in [0.5, 0.6) is 0 Å². The van der Waals surface area contributed by atoms with Crippen LogP contribution >= 0.6 is 0 Å². The van der Waals surface area contributed by atoms with E-state index in [4.69, 9.17) is 5.11 Å². The molecule has 0 aromatic carbocycles. The van der Waals surface area contributed by atoms with Crippen molar-refractivity contribution in [3.8, 4) is 11.4 Å². The molecule has 0 aliphatic heterocycles. The van der Waals surface area contributed by atoms with Crippen LogP contribution < -0.4 is 0 Å². The van der Waals surface area contributed by atoms with Crippen molar-refractivity contribution in [2.24, 2.45) is 7.05 Å². The number of rotatable bonds is 2. The molecule has 3 heterocycles. The van der Waals surface area contributed by atoms with E-state index in [2.05, 4.69) is 20.1 Å². The van der Waals surface area contributed by atoms with Gasteiger partial charge in [-0.15, -0.1) is 0 Å². The van der Waals surface area contributed by atoms with E-state index in [-0.39, 0.29) is 5.56 Å². The first-order valence-electron chi connectivity index (χ1n) is 5.64. The van der Waals surface area contributed by atoms with Crippen molar-refractivity contribution in [2.45, 2.75) is 6.92 Å². The van der Waals surface area contributed by atoms with Crippen LogP contribution in [0.2, 0.25) is 0 Å². The number of nitrogens with zero attached hydrogens (tertiary/aromatic N) is 4. The van der Waals surface area contributed by atoms with Crippen molar-refractivity contribution in [3.63, 3.8) is 0 Å². The molecule has 0 aliphatic carbocycles. The molecule has 0 amide bonds. The molecule has 0 fully saturated rings. The summed E-state index contributed by atoms with van der Waals surface area (Å²) in [4.78, 5) is 22.3. The Balaban J connectivity index is 2.16. The fourth-order valence-electron chi connectivity index (χ4n) is 1.98. The van der Waals surface area contributed by atoms with E-state index in [0.717, 1.165) is 11.3 Å². The van der Waals surface area contributed by atoms with Crippen LogP contribution in [0.15, 0.2) is 18.5 Å². The third-order valence-corrected chi connectivity index (χ3v) is 2.85. The standard InChI is InChI=1S/C12H11N5O2/c1-6-8(5-17(2)16-6)10-14-9-3-7(12(18)19)4-13-11(9)15-10/h3-5H,1-2H3,(H,18,19)(H,13,14,15). The van der Waals surface area contributed by atoms with Gasteiger partial charge in [-0.1, -0.05) is 0 Å². The SMILES string of the molecule is Cc1nn(C)cc1-c1nc2ncc(C(=O)O)cc2[nH]1. The molecule has 0 atom stereocenters. The number of H-pyrrole nitrogens is 1. The average molecular weight is 257 g/mol. The Morgan fingerprint density at radius 2 is 2.26 bits per heavy atom. The molecule has 0 aliphatic rings. The molecule has 0 spiro atoms. The van der Waals surface area contributed by atoms with Crippen molar-refractivity contribution < 1.29 is 9.90 Å². The topological polar surface area (TPSA) is 96.7 Å². The smallest absolute Gasteiger partial charge is 0.337 e. The minimum Gasteiger partial charge on any atom is -0.478 e. The van der Waals surface area contributed by atoms with Gasteiger partial charge in [-0.2, -0.15) is 5.10 Å². The number of aromatic carboxylic acids is 1. The van der Waals surface area contributed by atoms with E-state index in [1.807, 2.05) is 20.2 Å². The Kier molecular flexibility index (Phi) is 2.34. The van der Waals surface area contributed by atoms with Crippen molar-refractivity contribution in [1.82, 2.24) is 24.7 Å². The van der Waals surface area contributed by atoms with Crippen LogP contribution in [0, 0.1) is 6.92 Å². The summed E-state index contributed by atoms with van der Waals surface area (Å²) in [6, 6.07) is 1.52. The van der Waals surface area contributed by atoms with Gasteiger partial charge < -0.3 is 10.1 Å². The molecule has 0 bridgehead atoms. The number of carboxylic acids is 1. The number of hydrogen-bond acceptors (Lipinski definition) is 4. The number of aromatic nitrogens is 5. The second-order valence-electron chi connectivity index (χ2n) is 4.29. The largest absolute Gasteiger partial charge is 0.478 e. The van der Waals surface area contributed by atoms with Gasteiger partial charge in [-0.25, -0.2) is 14.8 Å². The number of aryl methyl sites for hydroxylation is 2. The van der Waals surface area contributed by atoms with Crippen LogP contribution in [-0.4, -0.2) is 35.8 Å². The van der Waals surface area contributed by atoms with E-state index < -0.39 is 5.97 Å². The second-order valence-corrected chi connectivity index (χ2v) is 4.29. The number of hydrogen-bond donors (Lipinski definition) is 2. The maximum Gasteiger partial charge on any atom is 0.337 e. The summed E-state index contributed by atoms with van der Waals surface area (Å²) < 4.78 is 1.70. The van der Waals surface area contributed by atoms with Crippen molar-refractivity contribution in [1.29, 1.82) is 0 Å². The lowest BCUT2D eigenvalue weighted by atomic mass is 10.2. The lowest BCUT2D eigenvalue weighted by Crippen LogP contribution is -1.96. The summed E-state index contributed by atoms with van der Waals surface area (Å²) in [6.45, 7) is 1.89. The molecular weight excluding hydrogens is 246 g/mol. The number of nitrogens with one attached hydrogen (secondary N) is 1. The van der Waals surface area contributed by atoms with E-state index in [0.29, 0.717) is 17.0 Å². The van der Waals surface area contributed by atoms with Gasteiger partial charge in [0.25, 0.3) is 0 Å². The lowest BCUT2D eigenvalue weighted by molar-refractivity contribution is 0.0696. The first-order valence-corrected chi connectivity index (χ1v) is 5.64.